The first-order valence-corrected chi connectivity index (χ1v) is 8.32. The smallest absolute Gasteiger partial charge is 0.299 e. The van der Waals surface area contributed by atoms with E-state index in [4.69, 9.17) is 21.4 Å². The van der Waals surface area contributed by atoms with Crippen molar-refractivity contribution >= 4 is 40.3 Å². The average molecular weight is 356 g/mol. The van der Waals surface area contributed by atoms with Crippen LogP contribution < -0.4 is 4.74 Å². The Bertz CT molecular complexity index is 1040. The van der Waals surface area contributed by atoms with Crippen LogP contribution in [0.1, 0.15) is 0 Å². The fraction of sp³-hybridized carbons (Fsp3) is 0. The van der Waals surface area contributed by atoms with Crippen molar-refractivity contribution in [3.63, 3.8) is 0 Å². The molecule has 0 spiro atoms. The largest absolute Gasteiger partial charge is 0.409 e. The van der Waals surface area contributed by atoms with E-state index < -0.39 is 0 Å². The zero-order valence-electron chi connectivity index (χ0n) is 12.2. The van der Waals surface area contributed by atoms with Crippen LogP contribution in [0.4, 0.5) is 0 Å². The van der Waals surface area contributed by atoms with Gasteiger partial charge >= 0.3 is 0 Å². The fourth-order valence-electron chi connectivity index (χ4n) is 2.51. The third kappa shape index (κ3) is 2.55. The second-order valence-electron chi connectivity index (χ2n) is 4.97. The summed E-state index contributed by atoms with van der Waals surface area (Å²) >= 11 is 7.46. The molecule has 5 nitrogen and oxygen atoms in total. The molecular formula is C17H10ClN3O2S. The maximum absolute atomic E-state index is 10.5. The van der Waals surface area contributed by atoms with Gasteiger partial charge < -0.3 is 4.74 Å². The molecule has 2 aromatic carbocycles. The highest BCUT2D eigenvalue weighted by molar-refractivity contribution is 7.12. The molecule has 0 saturated heterocycles. The number of ether oxygens (including phenoxy) is 1. The Morgan fingerprint density at radius 2 is 2.04 bits per heavy atom. The van der Waals surface area contributed by atoms with Gasteiger partial charge in [0.2, 0.25) is 11.0 Å². The van der Waals surface area contributed by atoms with Crippen LogP contribution in [-0.4, -0.2) is 21.2 Å². The van der Waals surface area contributed by atoms with Crippen LogP contribution in [0.15, 0.2) is 53.9 Å². The van der Waals surface area contributed by atoms with Crippen LogP contribution in [0, 0.1) is 0 Å². The second kappa shape index (κ2) is 6.07. The quantitative estimate of drug-likeness (QED) is 0.511. The van der Waals surface area contributed by atoms with E-state index in [-0.39, 0.29) is 5.88 Å². The van der Waals surface area contributed by atoms with Crippen LogP contribution in [0.25, 0.3) is 27.3 Å². The molecule has 0 aliphatic rings. The Kier molecular flexibility index (Phi) is 3.76. The number of aromatic nitrogens is 3. The van der Waals surface area contributed by atoms with Gasteiger partial charge in [-0.3, -0.25) is 4.79 Å². The Balaban J connectivity index is 1.92. The highest BCUT2D eigenvalue weighted by Gasteiger charge is 2.15. The molecule has 0 unspecified atom stereocenters. The van der Waals surface area contributed by atoms with Gasteiger partial charge in [0.15, 0.2) is 0 Å². The molecule has 2 aromatic heterocycles. The van der Waals surface area contributed by atoms with Gasteiger partial charge in [0.05, 0.1) is 10.9 Å². The fourth-order valence-corrected chi connectivity index (χ4v) is 3.40. The Morgan fingerprint density at radius 3 is 2.88 bits per heavy atom. The van der Waals surface area contributed by atoms with Crippen molar-refractivity contribution in [3.8, 4) is 22.3 Å². The van der Waals surface area contributed by atoms with Crippen LogP contribution >= 0.6 is 22.9 Å². The number of hydrogen-bond donors (Lipinski definition) is 0. The minimum atomic E-state index is 0.258. The van der Waals surface area contributed by atoms with Crippen LogP contribution in [-0.2, 0) is 4.79 Å². The minimum absolute atomic E-state index is 0.258. The molecule has 0 saturated carbocycles. The zero-order valence-corrected chi connectivity index (χ0v) is 13.8. The van der Waals surface area contributed by atoms with Crippen molar-refractivity contribution in [2.75, 3.05) is 0 Å². The molecule has 118 valence electrons. The molecule has 0 fully saturated rings. The summed E-state index contributed by atoms with van der Waals surface area (Å²) in [5.74, 6) is 0.258. The first kappa shape index (κ1) is 14.9. The number of nitrogens with zero attached hydrogens (tertiary/aromatic N) is 3. The maximum Gasteiger partial charge on any atom is 0.299 e. The lowest BCUT2D eigenvalue weighted by atomic mass is 10.1. The van der Waals surface area contributed by atoms with Crippen molar-refractivity contribution < 1.29 is 9.53 Å². The van der Waals surface area contributed by atoms with Gasteiger partial charge in [-0.25, -0.2) is 4.68 Å². The summed E-state index contributed by atoms with van der Waals surface area (Å²) in [7, 11) is 0. The normalized spacial score (nSPS) is 10.9. The number of halogens is 1. The van der Waals surface area contributed by atoms with Gasteiger partial charge in [-0.05, 0) is 18.2 Å². The molecule has 0 N–H and O–H groups in total. The molecular weight excluding hydrogens is 346 g/mol. The highest BCUT2D eigenvalue weighted by Crippen LogP contribution is 2.32. The maximum atomic E-state index is 10.5. The van der Waals surface area contributed by atoms with E-state index in [0.29, 0.717) is 16.6 Å². The third-order valence-corrected chi connectivity index (χ3v) is 4.54. The molecule has 7 heteroatoms. The summed E-state index contributed by atoms with van der Waals surface area (Å²) in [6.45, 7) is 0.359. The summed E-state index contributed by atoms with van der Waals surface area (Å²) < 4.78 is 6.53. The number of carbonyl (C=O) groups excluding carboxylic acids is 1. The Labute approximate surface area is 146 Å². The van der Waals surface area contributed by atoms with Crippen molar-refractivity contribution in [2.24, 2.45) is 0 Å². The summed E-state index contributed by atoms with van der Waals surface area (Å²) in [4.78, 5) is 14.7. The molecule has 0 atom stereocenters. The average Bonchev–Trinajstić information content (AvgIpc) is 3.19. The van der Waals surface area contributed by atoms with Crippen molar-refractivity contribution in [1.82, 2.24) is 14.8 Å². The first-order valence-electron chi connectivity index (χ1n) is 7.06. The molecule has 4 aromatic rings. The predicted octanol–water partition coefficient (Wildman–Crippen LogP) is 4.34. The van der Waals surface area contributed by atoms with Crippen molar-refractivity contribution in [3.05, 3.63) is 58.9 Å². The molecule has 24 heavy (non-hydrogen) atoms. The highest BCUT2D eigenvalue weighted by atomic mass is 35.5. The first-order chi connectivity index (χ1) is 11.8. The van der Waals surface area contributed by atoms with E-state index >= 15 is 0 Å². The van der Waals surface area contributed by atoms with E-state index in [1.807, 2.05) is 48.5 Å². The van der Waals surface area contributed by atoms with Gasteiger partial charge in [-0.15, -0.1) is 0 Å². The summed E-state index contributed by atoms with van der Waals surface area (Å²) in [5, 5.41) is 8.64. The lowest BCUT2D eigenvalue weighted by Gasteiger charge is -1.98. The minimum Gasteiger partial charge on any atom is -0.409 e. The van der Waals surface area contributed by atoms with Gasteiger partial charge in [0, 0.05) is 16.0 Å². The lowest BCUT2D eigenvalue weighted by molar-refractivity contribution is -0.120. The van der Waals surface area contributed by atoms with Crippen LogP contribution in [0.5, 0.6) is 5.88 Å². The van der Waals surface area contributed by atoms with Crippen molar-refractivity contribution in [1.29, 1.82) is 0 Å². The van der Waals surface area contributed by atoms with Gasteiger partial charge in [-0.2, -0.15) is 10.1 Å². The SMILES string of the molecule is O=COc1csc(-n2nc(-c3cccc(Cl)c3)c3ccccc32)n1. The number of benzene rings is 2. The Hall–Kier alpha value is -2.70. The molecule has 4 rings (SSSR count). The number of thiazole rings is 1. The van der Waals surface area contributed by atoms with E-state index in [2.05, 4.69) is 4.98 Å². The van der Waals surface area contributed by atoms with Gasteiger partial charge in [0.1, 0.15) is 5.69 Å². The van der Waals surface area contributed by atoms with Crippen LogP contribution in [0.3, 0.4) is 0 Å². The third-order valence-electron chi connectivity index (χ3n) is 3.51. The van der Waals surface area contributed by atoms with E-state index in [1.165, 1.54) is 11.3 Å². The predicted molar refractivity (Wildman–Crippen MR) is 93.9 cm³/mol. The van der Waals surface area contributed by atoms with Gasteiger partial charge in [-0.1, -0.05) is 53.3 Å². The summed E-state index contributed by atoms with van der Waals surface area (Å²) in [6.07, 6.45) is 0. The Morgan fingerprint density at radius 1 is 1.17 bits per heavy atom. The lowest BCUT2D eigenvalue weighted by Crippen LogP contribution is -1.96. The molecule has 0 aliphatic carbocycles. The summed E-state index contributed by atoms with van der Waals surface area (Å²) in [6, 6.07) is 15.4. The number of hydrogen-bond acceptors (Lipinski definition) is 5. The molecule has 0 aliphatic heterocycles. The topological polar surface area (TPSA) is 57.0 Å². The monoisotopic (exact) mass is 355 g/mol. The molecule has 0 amide bonds. The zero-order chi connectivity index (χ0) is 16.5. The number of rotatable bonds is 4. The number of carbonyl (C=O) groups is 1. The molecule has 0 radical (unpaired) electrons. The second-order valence-corrected chi connectivity index (χ2v) is 6.24. The van der Waals surface area contributed by atoms with E-state index in [0.717, 1.165) is 22.2 Å². The molecule has 2 heterocycles. The summed E-state index contributed by atoms with van der Waals surface area (Å²) in [5.41, 5.74) is 2.67. The van der Waals surface area contributed by atoms with Crippen LogP contribution in [0.2, 0.25) is 5.02 Å². The van der Waals surface area contributed by atoms with E-state index in [9.17, 15) is 4.79 Å². The van der Waals surface area contributed by atoms with Gasteiger partial charge in [0.25, 0.3) is 6.47 Å². The number of para-hydroxylation sites is 1. The van der Waals surface area contributed by atoms with E-state index in [1.54, 1.807) is 10.1 Å². The molecule has 0 bridgehead atoms. The standard InChI is InChI=1S/C17H10ClN3O2S/c18-12-5-3-4-11(8-12)16-13-6-1-2-7-14(13)21(20-16)17-19-15(9-24-17)23-10-22/h1-10H. The number of fused-ring (bicyclic) bond motifs is 1. The van der Waals surface area contributed by atoms with Crippen molar-refractivity contribution in [2.45, 2.75) is 0 Å².